The van der Waals surface area contributed by atoms with Gasteiger partial charge in [0.25, 0.3) is 17.9 Å². The number of carbonyl (C=O) groups excluding carboxylic acids is 2. The number of aliphatic imine (C=N–C) groups is 1. The zero-order chi connectivity index (χ0) is 16.2. The van der Waals surface area contributed by atoms with E-state index in [1.165, 1.54) is 7.11 Å². The first-order chi connectivity index (χ1) is 11.2. The molecule has 0 unspecified atom stereocenters. The Hall–Kier alpha value is -3.03. The number of para-hydroxylation sites is 2. The summed E-state index contributed by atoms with van der Waals surface area (Å²) >= 11 is 0. The number of hydrogen-bond donors (Lipinski definition) is 2. The monoisotopic (exact) mass is 316 g/mol. The van der Waals surface area contributed by atoms with Crippen LogP contribution in [0.15, 0.2) is 41.5 Å². The summed E-state index contributed by atoms with van der Waals surface area (Å²) < 4.78 is 10.7. The minimum Gasteiger partial charge on any atom is -0.493 e. The van der Waals surface area contributed by atoms with Crippen molar-refractivity contribution in [2.75, 3.05) is 13.8 Å². The van der Waals surface area contributed by atoms with Gasteiger partial charge in [0.2, 0.25) is 0 Å². The van der Waals surface area contributed by atoms with Gasteiger partial charge in [0.1, 0.15) is 6.67 Å². The van der Waals surface area contributed by atoms with E-state index in [4.69, 9.17) is 9.47 Å². The normalized spacial score (nSPS) is 23.3. The lowest BCUT2D eigenvalue weighted by atomic mass is 10.2. The number of benzene rings is 1. The molecule has 8 heteroatoms. The summed E-state index contributed by atoms with van der Waals surface area (Å²) in [5, 5.41) is 5.38. The highest BCUT2D eigenvalue weighted by Crippen LogP contribution is 2.27. The molecule has 23 heavy (non-hydrogen) atoms. The number of rotatable bonds is 4. The van der Waals surface area contributed by atoms with Gasteiger partial charge in [0.05, 0.1) is 7.11 Å². The van der Waals surface area contributed by atoms with E-state index in [9.17, 15) is 9.59 Å². The van der Waals surface area contributed by atoms with Gasteiger partial charge in [0.15, 0.2) is 17.8 Å². The highest BCUT2D eigenvalue weighted by Gasteiger charge is 2.38. The molecule has 1 fully saturated rings. The highest BCUT2D eigenvalue weighted by atomic mass is 16.5. The van der Waals surface area contributed by atoms with Crippen LogP contribution in [0.3, 0.4) is 0 Å². The fraction of sp³-hybridized carbons (Fsp3) is 0.267. The third-order valence-corrected chi connectivity index (χ3v) is 3.39. The van der Waals surface area contributed by atoms with E-state index < -0.39 is 24.2 Å². The SMILES string of the molecule is COc1ccccc1OC1C(=O)NC(N2C=CC=NC2)NC1=O. The van der Waals surface area contributed by atoms with E-state index in [-0.39, 0.29) is 0 Å². The second kappa shape index (κ2) is 6.39. The molecule has 2 N–H and O–H groups in total. The van der Waals surface area contributed by atoms with Gasteiger partial charge in [-0.25, -0.2) is 0 Å². The largest absolute Gasteiger partial charge is 0.493 e. The van der Waals surface area contributed by atoms with Crippen molar-refractivity contribution in [3.8, 4) is 11.5 Å². The van der Waals surface area contributed by atoms with Crippen molar-refractivity contribution in [3.63, 3.8) is 0 Å². The molecular formula is C15H16N4O4. The Morgan fingerprint density at radius 2 is 1.87 bits per heavy atom. The van der Waals surface area contributed by atoms with E-state index in [0.717, 1.165) is 0 Å². The quantitative estimate of drug-likeness (QED) is 0.753. The van der Waals surface area contributed by atoms with Gasteiger partial charge < -0.3 is 25.0 Å². The summed E-state index contributed by atoms with van der Waals surface area (Å²) in [6.07, 6.45) is 3.18. The molecule has 0 bridgehead atoms. The average molecular weight is 316 g/mol. The maximum Gasteiger partial charge on any atom is 0.274 e. The van der Waals surface area contributed by atoms with Crippen molar-refractivity contribution in [2.24, 2.45) is 4.99 Å². The molecule has 0 aromatic heterocycles. The molecule has 2 amide bonds. The molecule has 1 saturated heterocycles. The minimum absolute atomic E-state index is 0.325. The Bertz CT molecular complexity index is 655. The predicted octanol–water partition coefficient (Wildman–Crippen LogP) is -0.170. The van der Waals surface area contributed by atoms with E-state index in [0.29, 0.717) is 18.2 Å². The number of amides is 2. The zero-order valence-corrected chi connectivity index (χ0v) is 12.4. The van der Waals surface area contributed by atoms with Crippen molar-refractivity contribution in [3.05, 3.63) is 36.5 Å². The van der Waals surface area contributed by atoms with Crippen LogP contribution >= 0.6 is 0 Å². The maximum atomic E-state index is 12.2. The number of carbonyl (C=O) groups is 2. The first-order valence-corrected chi connectivity index (χ1v) is 7.02. The van der Waals surface area contributed by atoms with Gasteiger partial charge in [-0.3, -0.25) is 14.6 Å². The second-order valence-corrected chi connectivity index (χ2v) is 4.90. The van der Waals surface area contributed by atoms with Gasteiger partial charge in [-0.2, -0.15) is 0 Å². The lowest BCUT2D eigenvalue weighted by molar-refractivity contribution is -0.147. The number of nitrogens with one attached hydrogen (secondary N) is 2. The van der Waals surface area contributed by atoms with Crippen LogP contribution in [0.25, 0.3) is 0 Å². The molecule has 8 nitrogen and oxygen atoms in total. The average Bonchev–Trinajstić information content (AvgIpc) is 2.59. The number of ether oxygens (including phenoxy) is 2. The summed E-state index contributed by atoms with van der Waals surface area (Å²) in [6.45, 7) is 0.347. The lowest BCUT2D eigenvalue weighted by Crippen LogP contribution is -2.68. The van der Waals surface area contributed by atoms with Crippen molar-refractivity contribution < 1.29 is 19.1 Å². The molecule has 1 aromatic rings. The fourth-order valence-electron chi connectivity index (χ4n) is 2.26. The summed E-state index contributed by atoms with van der Waals surface area (Å²) in [5.41, 5.74) is 0. The number of methoxy groups -OCH3 is 1. The van der Waals surface area contributed by atoms with Gasteiger partial charge in [-0.1, -0.05) is 12.1 Å². The molecule has 0 radical (unpaired) electrons. The van der Waals surface area contributed by atoms with Crippen LogP contribution < -0.4 is 20.1 Å². The number of hydrogen-bond acceptors (Lipinski definition) is 6. The Labute approximate surface area is 132 Å². The van der Waals surface area contributed by atoms with Crippen molar-refractivity contribution in [1.29, 1.82) is 0 Å². The molecule has 0 aliphatic carbocycles. The Kier molecular flexibility index (Phi) is 4.13. The summed E-state index contributed by atoms with van der Waals surface area (Å²) in [6, 6.07) is 6.82. The third-order valence-electron chi connectivity index (χ3n) is 3.39. The molecule has 120 valence electrons. The zero-order valence-electron chi connectivity index (χ0n) is 12.4. The van der Waals surface area contributed by atoms with Crippen LogP contribution in [0.4, 0.5) is 0 Å². The molecular weight excluding hydrogens is 300 g/mol. The van der Waals surface area contributed by atoms with Gasteiger partial charge in [-0.15, -0.1) is 0 Å². The maximum absolute atomic E-state index is 12.2. The second-order valence-electron chi connectivity index (χ2n) is 4.90. The topological polar surface area (TPSA) is 92.3 Å². The molecule has 0 saturated carbocycles. The van der Waals surface area contributed by atoms with E-state index in [1.54, 1.807) is 47.7 Å². The first-order valence-electron chi connectivity index (χ1n) is 7.02. The highest BCUT2D eigenvalue weighted by molar-refractivity contribution is 6.05. The molecule has 2 aliphatic heterocycles. The molecule has 0 atom stereocenters. The number of allylic oxidation sites excluding steroid dienone is 1. The van der Waals surface area contributed by atoms with E-state index in [1.807, 2.05) is 0 Å². The van der Waals surface area contributed by atoms with Crippen LogP contribution in [0, 0.1) is 0 Å². The van der Waals surface area contributed by atoms with E-state index in [2.05, 4.69) is 15.6 Å². The van der Waals surface area contributed by atoms with Crippen LogP contribution in [-0.4, -0.2) is 49.1 Å². The predicted molar refractivity (Wildman–Crippen MR) is 81.8 cm³/mol. The van der Waals surface area contributed by atoms with E-state index >= 15 is 0 Å². The summed E-state index contributed by atoms with van der Waals surface area (Å²) in [5.74, 6) is -0.269. The molecule has 2 heterocycles. The Morgan fingerprint density at radius 3 is 2.48 bits per heavy atom. The van der Waals surface area contributed by atoms with Crippen molar-refractivity contribution >= 4 is 18.0 Å². The number of nitrogens with zero attached hydrogens (tertiary/aromatic N) is 2. The molecule has 2 aliphatic rings. The first kappa shape index (κ1) is 14.9. The van der Waals surface area contributed by atoms with Gasteiger partial charge >= 0.3 is 0 Å². The van der Waals surface area contributed by atoms with Crippen LogP contribution in [0.5, 0.6) is 11.5 Å². The van der Waals surface area contributed by atoms with Crippen LogP contribution in [0.2, 0.25) is 0 Å². The lowest BCUT2D eigenvalue weighted by Gasteiger charge is -2.36. The standard InChI is InChI=1S/C15H16N4O4/c1-22-10-5-2-3-6-11(10)23-12-13(20)17-15(18-14(12)21)19-8-4-7-16-9-19/h2-8,12,15H,9H2,1H3,(H,17,20)(H,18,21). The molecule has 3 rings (SSSR count). The van der Waals surface area contributed by atoms with Crippen LogP contribution in [-0.2, 0) is 9.59 Å². The van der Waals surface area contributed by atoms with Gasteiger partial charge in [-0.05, 0) is 18.2 Å². The smallest absolute Gasteiger partial charge is 0.274 e. The third kappa shape index (κ3) is 3.10. The summed E-state index contributed by atoms with van der Waals surface area (Å²) in [4.78, 5) is 30.2. The fourth-order valence-corrected chi connectivity index (χ4v) is 2.26. The molecule has 1 aromatic carbocycles. The summed E-state index contributed by atoms with van der Waals surface area (Å²) in [7, 11) is 1.49. The minimum atomic E-state index is -1.28. The van der Waals surface area contributed by atoms with Crippen molar-refractivity contribution in [1.82, 2.24) is 15.5 Å². The van der Waals surface area contributed by atoms with Crippen LogP contribution in [0.1, 0.15) is 0 Å². The van der Waals surface area contributed by atoms with Gasteiger partial charge in [0, 0.05) is 12.4 Å². The van der Waals surface area contributed by atoms with Crippen molar-refractivity contribution in [2.45, 2.75) is 12.4 Å². The Morgan fingerprint density at radius 1 is 1.17 bits per heavy atom. The Balaban J connectivity index is 1.71. The molecule has 0 spiro atoms.